The van der Waals surface area contributed by atoms with Crippen LogP contribution in [0.4, 0.5) is 4.39 Å². The Bertz CT molecular complexity index is 1070. The van der Waals surface area contributed by atoms with Crippen LogP contribution in [-0.4, -0.2) is 40.4 Å². The molecule has 6 nitrogen and oxygen atoms in total. The van der Waals surface area contributed by atoms with E-state index in [2.05, 4.69) is 15.5 Å². The number of carbonyl (C=O) groups excluding carboxylic acids is 1. The summed E-state index contributed by atoms with van der Waals surface area (Å²) in [6.07, 6.45) is 2.71. The molecule has 0 bridgehead atoms. The third-order valence-electron chi connectivity index (χ3n) is 5.12. The first-order valence-electron chi connectivity index (χ1n) is 10.5. The van der Waals surface area contributed by atoms with Crippen LogP contribution in [0.2, 0.25) is 5.02 Å². The molecule has 1 aromatic heterocycles. The van der Waals surface area contributed by atoms with Crippen LogP contribution < -0.4 is 5.32 Å². The zero-order chi connectivity index (χ0) is 22.5. The van der Waals surface area contributed by atoms with Crippen LogP contribution >= 0.6 is 23.4 Å². The van der Waals surface area contributed by atoms with Crippen molar-refractivity contribution in [1.82, 2.24) is 20.1 Å². The fourth-order valence-corrected chi connectivity index (χ4v) is 4.60. The van der Waals surface area contributed by atoms with Gasteiger partial charge in [-0.2, -0.15) is 0 Å². The average Bonchev–Trinajstić information content (AvgIpc) is 3.52. The molecular weight excluding hydrogens is 451 g/mol. The molecule has 2 aromatic carbocycles. The van der Waals surface area contributed by atoms with E-state index >= 15 is 0 Å². The van der Waals surface area contributed by atoms with E-state index in [0.29, 0.717) is 34.7 Å². The van der Waals surface area contributed by atoms with E-state index in [1.54, 1.807) is 19.2 Å². The number of nitrogens with one attached hydrogen (secondary N) is 1. The van der Waals surface area contributed by atoms with E-state index in [1.807, 2.05) is 28.8 Å². The first kappa shape index (κ1) is 22.8. The summed E-state index contributed by atoms with van der Waals surface area (Å²) in [4.78, 5) is 13.1. The average molecular weight is 475 g/mol. The second-order valence-corrected chi connectivity index (χ2v) is 9.10. The highest BCUT2D eigenvalue weighted by Gasteiger charge is 2.31. The molecule has 1 fully saturated rings. The van der Waals surface area contributed by atoms with Crippen molar-refractivity contribution in [3.8, 4) is 11.4 Å². The first-order chi connectivity index (χ1) is 15.6. The number of halogens is 2. The van der Waals surface area contributed by atoms with Gasteiger partial charge in [0.1, 0.15) is 11.1 Å². The molecule has 3 aromatic rings. The summed E-state index contributed by atoms with van der Waals surface area (Å²) in [7, 11) is 1.66. The summed E-state index contributed by atoms with van der Waals surface area (Å²) < 4.78 is 20.7. The lowest BCUT2D eigenvalue weighted by atomic mass is 10.1. The highest BCUT2D eigenvalue weighted by Crippen LogP contribution is 2.38. The molecule has 0 spiro atoms. The molecule has 0 radical (unpaired) electrons. The molecular formula is C23H24ClFN4O2S. The molecule has 1 unspecified atom stereocenters. The summed E-state index contributed by atoms with van der Waals surface area (Å²) in [6.45, 7) is 1.18. The first-order valence-corrected chi connectivity index (χ1v) is 11.7. The van der Waals surface area contributed by atoms with Crippen molar-refractivity contribution in [3.05, 3.63) is 64.9 Å². The van der Waals surface area contributed by atoms with Crippen molar-refractivity contribution in [1.29, 1.82) is 0 Å². The van der Waals surface area contributed by atoms with Gasteiger partial charge >= 0.3 is 0 Å². The van der Waals surface area contributed by atoms with Gasteiger partial charge < -0.3 is 14.6 Å². The van der Waals surface area contributed by atoms with Crippen LogP contribution in [0.25, 0.3) is 11.4 Å². The molecule has 9 heteroatoms. The lowest BCUT2D eigenvalue weighted by Gasteiger charge is -2.18. The van der Waals surface area contributed by atoms with Crippen LogP contribution in [0.5, 0.6) is 0 Å². The van der Waals surface area contributed by atoms with E-state index < -0.39 is 5.25 Å². The zero-order valence-electron chi connectivity index (χ0n) is 17.6. The molecule has 1 aliphatic carbocycles. The second-order valence-electron chi connectivity index (χ2n) is 7.62. The molecule has 0 aliphatic heterocycles. The predicted molar refractivity (Wildman–Crippen MR) is 123 cm³/mol. The van der Waals surface area contributed by atoms with Crippen LogP contribution in [0.3, 0.4) is 0 Å². The molecule has 32 heavy (non-hydrogen) atoms. The number of aromatic nitrogens is 3. The van der Waals surface area contributed by atoms with Crippen LogP contribution in [0.1, 0.15) is 30.1 Å². The number of thioether (sulfide) groups is 1. The van der Waals surface area contributed by atoms with Gasteiger partial charge in [-0.15, -0.1) is 10.2 Å². The lowest BCUT2D eigenvalue weighted by molar-refractivity contribution is -0.120. The van der Waals surface area contributed by atoms with Gasteiger partial charge in [0, 0.05) is 31.9 Å². The van der Waals surface area contributed by atoms with Gasteiger partial charge in [0.2, 0.25) is 5.91 Å². The van der Waals surface area contributed by atoms with E-state index in [9.17, 15) is 9.18 Å². The Hall–Kier alpha value is -2.42. The SMILES string of the molecule is COCCCn1c(SC(C(=O)NC2CC2)c2ccc(F)cc2)nnc1-c1ccccc1Cl. The summed E-state index contributed by atoms with van der Waals surface area (Å²) in [5.41, 5.74) is 1.48. The fraction of sp³-hybridized carbons (Fsp3) is 0.348. The zero-order valence-corrected chi connectivity index (χ0v) is 19.2. The van der Waals surface area contributed by atoms with E-state index in [0.717, 1.165) is 24.8 Å². The Morgan fingerprint density at radius 1 is 1.25 bits per heavy atom. The Morgan fingerprint density at radius 3 is 2.69 bits per heavy atom. The number of hydrogen-bond acceptors (Lipinski definition) is 5. The maximum absolute atomic E-state index is 13.5. The van der Waals surface area contributed by atoms with Crippen molar-refractivity contribution in [2.75, 3.05) is 13.7 Å². The third kappa shape index (κ3) is 5.49. The third-order valence-corrected chi connectivity index (χ3v) is 6.68. The van der Waals surface area contributed by atoms with Gasteiger partial charge in [0.05, 0.1) is 5.02 Å². The molecule has 1 atom stereocenters. The molecule has 168 valence electrons. The predicted octanol–water partition coefficient (Wildman–Crippen LogP) is 4.89. The summed E-state index contributed by atoms with van der Waals surface area (Å²) in [5.74, 6) is 0.174. The Labute approximate surface area is 195 Å². The van der Waals surface area contributed by atoms with Crippen molar-refractivity contribution in [2.24, 2.45) is 0 Å². The number of benzene rings is 2. The highest BCUT2D eigenvalue weighted by atomic mass is 35.5. The molecule has 1 saturated carbocycles. The topological polar surface area (TPSA) is 69.0 Å². The fourth-order valence-electron chi connectivity index (χ4n) is 3.31. The van der Waals surface area contributed by atoms with Crippen molar-refractivity contribution in [2.45, 2.75) is 42.3 Å². The molecule has 1 heterocycles. The second kappa shape index (κ2) is 10.5. The normalized spacial score (nSPS) is 14.3. The molecule has 1 aliphatic rings. The van der Waals surface area contributed by atoms with Gasteiger partial charge in [-0.05, 0) is 49.1 Å². The van der Waals surface area contributed by atoms with E-state index in [1.165, 1.54) is 23.9 Å². The minimum Gasteiger partial charge on any atom is -0.385 e. The Balaban J connectivity index is 1.68. The largest absolute Gasteiger partial charge is 0.385 e. The number of rotatable bonds is 10. The van der Waals surface area contributed by atoms with Gasteiger partial charge in [-0.25, -0.2) is 4.39 Å². The smallest absolute Gasteiger partial charge is 0.238 e. The van der Waals surface area contributed by atoms with Crippen LogP contribution in [0.15, 0.2) is 53.7 Å². The van der Waals surface area contributed by atoms with Crippen molar-refractivity contribution < 1.29 is 13.9 Å². The van der Waals surface area contributed by atoms with E-state index in [-0.39, 0.29) is 17.8 Å². The van der Waals surface area contributed by atoms with Crippen molar-refractivity contribution in [3.63, 3.8) is 0 Å². The monoisotopic (exact) mass is 474 g/mol. The number of nitrogens with zero attached hydrogens (tertiary/aromatic N) is 3. The Morgan fingerprint density at radius 2 is 2.00 bits per heavy atom. The van der Waals surface area contributed by atoms with Crippen LogP contribution in [0, 0.1) is 5.82 Å². The molecule has 4 rings (SSSR count). The Kier molecular flexibility index (Phi) is 7.44. The van der Waals surface area contributed by atoms with Gasteiger partial charge in [-0.3, -0.25) is 4.79 Å². The van der Waals surface area contributed by atoms with Crippen LogP contribution in [-0.2, 0) is 16.1 Å². The number of amides is 1. The highest BCUT2D eigenvalue weighted by molar-refractivity contribution is 8.00. The summed E-state index contributed by atoms with van der Waals surface area (Å²) >= 11 is 7.72. The standard InChI is InChI=1S/C23H24ClFN4O2S/c1-31-14-4-13-29-21(18-5-2-3-6-19(18)24)27-28-23(29)32-20(22(30)26-17-11-12-17)15-7-9-16(25)10-8-15/h2-3,5-10,17,20H,4,11-14H2,1H3,(H,26,30). The maximum atomic E-state index is 13.5. The molecule has 1 amide bonds. The summed E-state index contributed by atoms with van der Waals surface area (Å²) in [6, 6.07) is 13.7. The van der Waals surface area contributed by atoms with Gasteiger partial charge in [-0.1, -0.05) is 47.6 Å². The summed E-state index contributed by atoms with van der Waals surface area (Å²) in [5, 5.41) is 12.4. The number of ether oxygens (including phenoxy) is 1. The quantitative estimate of drug-likeness (QED) is 0.335. The lowest BCUT2D eigenvalue weighted by Crippen LogP contribution is -2.30. The maximum Gasteiger partial charge on any atom is 0.238 e. The number of carbonyl (C=O) groups is 1. The number of hydrogen-bond donors (Lipinski definition) is 1. The minimum absolute atomic E-state index is 0.116. The van der Waals surface area contributed by atoms with Gasteiger partial charge in [0.25, 0.3) is 0 Å². The van der Waals surface area contributed by atoms with Crippen molar-refractivity contribution >= 4 is 29.3 Å². The number of methoxy groups -OCH3 is 1. The van der Waals surface area contributed by atoms with E-state index in [4.69, 9.17) is 16.3 Å². The molecule has 0 saturated heterocycles. The minimum atomic E-state index is -0.583. The molecule has 1 N–H and O–H groups in total. The van der Waals surface area contributed by atoms with Gasteiger partial charge in [0.15, 0.2) is 11.0 Å².